The Morgan fingerprint density at radius 2 is 2.22 bits per heavy atom. The summed E-state index contributed by atoms with van der Waals surface area (Å²) in [6.07, 6.45) is 5.32. The molecule has 1 fully saturated rings. The highest BCUT2D eigenvalue weighted by Gasteiger charge is 2.36. The van der Waals surface area contributed by atoms with Crippen LogP contribution in [0.25, 0.3) is 0 Å². The average molecular weight is 270 g/mol. The van der Waals surface area contributed by atoms with E-state index < -0.39 is 0 Å². The highest BCUT2D eigenvalue weighted by molar-refractivity contribution is 6.29. The number of anilines is 1. The quantitative estimate of drug-likeness (QED) is 0.807. The molecule has 0 unspecified atom stereocenters. The smallest absolute Gasteiger partial charge is 0.134 e. The van der Waals surface area contributed by atoms with Gasteiger partial charge in [-0.05, 0) is 25.7 Å². The second-order valence-electron chi connectivity index (χ2n) is 4.84. The molecule has 1 heterocycles. The lowest BCUT2D eigenvalue weighted by Gasteiger charge is -2.40. The largest absolute Gasteiger partial charge is 0.376 e. The van der Waals surface area contributed by atoms with Crippen molar-refractivity contribution in [1.29, 1.82) is 0 Å². The molecule has 0 bridgehead atoms. The summed E-state index contributed by atoms with van der Waals surface area (Å²) in [5, 5.41) is 3.81. The van der Waals surface area contributed by atoms with Gasteiger partial charge in [0.25, 0.3) is 0 Å². The first-order valence-corrected chi connectivity index (χ1v) is 6.88. The molecule has 18 heavy (non-hydrogen) atoms. The van der Waals surface area contributed by atoms with E-state index in [0.717, 1.165) is 43.9 Å². The second-order valence-corrected chi connectivity index (χ2v) is 5.22. The predicted octanol–water partition coefficient (Wildman–Crippen LogP) is 3.06. The van der Waals surface area contributed by atoms with Crippen molar-refractivity contribution in [2.45, 2.75) is 44.6 Å². The number of hydrogen-bond donors (Lipinski definition) is 1. The number of halogens is 1. The van der Waals surface area contributed by atoms with Gasteiger partial charge in [0.1, 0.15) is 16.8 Å². The van der Waals surface area contributed by atoms with E-state index in [9.17, 15) is 0 Å². The van der Waals surface area contributed by atoms with Gasteiger partial charge < -0.3 is 10.1 Å². The van der Waals surface area contributed by atoms with Gasteiger partial charge in [-0.25, -0.2) is 9.97 Å². The van der Waals surface area contributed by atoms with Crippen LogP contribution in [0.4, 0.5) is 5.82 Å². The number of nitrogens with one attached hydrogen (secondary N) is 1. The number of methoxy groups -OCH3 is 1. The minimum atomic E-state index is -0.0116. The molecule has 1 N–H and O–H groups in total. The Bertz CT molecular complexity index is 402. The second kappa shape index (κ2) is 5.85. The van der Waals surface area contributed by atoms with Crippen molar-refractivity contribution in [2.24, 2.45) is 0 Å². The van der Waals surface area contributed by atoms with Crippen LogP contribution in [0.3, 0.4) is 0 Å². The molecular weight excluding hydrogens is 250 g/mol. The zero-order chi connectivity index (χ0) is 13.0. The van der Waals surface area contributed by atoms with Crippen LogP contribution in [0.1, 0.15) is 38.4 Å². The minimum absolute atomic E-state index is 0.0116. The van der Waals surface area contributed by atoms with E-state index in [0.29, 0.717) is 5.15 Å². The van der Waals surface area contributed by atoms with Gasteiger partial charge in [-0.2, -0.15) is 0 Å². The third-order valence-electron chi connectivity index (χ3n) is 3.50. The maximum Gasteiger partial charge on any atom is 0.134 e. The summed E-state index contributed by atoms with van der Waals surface area (Å²) in [5.41, 5.74) is -0.0116. The van der Waals surface area contributed by atoms with Crippen LogP contribution in [0.15, 0.2) is 6.07 Å². The Hall–Kier alpha value is -0.870. The standard InChI is InChI=1S/C13H20ClN3O/c1-3-5-11-16-10(14)8-12(17-11)15-9-13(18-2)6-4-7-13/h8H,3-7,9H2,1-2H3,(H,15,16,17). The number of rotatable bonds is 6. The maximum atomic E-state index is 6.00. The summed E-state index contributed by atoms with van der Waals surface area (Å²) >= 11 is 6.00. The number of aromatic nitrogens is 2. The van der Waals surface area contributed by atoms with Crippen molar-refractivity contribution >= 4 is 17.4 Å². The minimum Gasteiger partial charge on any atom is -0.376 e. The van der Waals surface area contributed by atoms with Crippen molar-refractivity contribution in [3.05, 3.63) is 17.0 Å². The van der Waals surface area contributed by atoms with Gasteiger partial charge >= 0.3 is 0 Å². The van der Waals surface area contributed by atoms with Crippen LogP contribution >= 0.6 is 11.6 Å². The molecule has 1 aliphatic rings. The van der Waals surface area contributed by atoms with E-state index in [-0.39, 0.29) is 5.60 Å². The highest BCUT2D eigenvalue weighted by Crippen LogP contribution is 2.35. The normalized spacial score (nSPS) is 17.3. The van der Waals surface area contributed by atoms with Crippen molar-refractivity contribution in [2.75, 3.05) is 19.0 Å². The molecule has 1 aliphatic carbocycles. The Morgan fingerprint density at radius 3 is 2.78 bits per heavy atom. The average Bonchev–Trinajstić information content (AvgIpc) is 2.28. The van der Waals surface area contributed by atoms with Crippen molar-refractivity contribution in [1.82, 2.24) is 9.97 Å². The topological polar surface area (TPSA) is 47.0 Å². The summed E-state index contributed by atoms with van der Waals surface area (Å²) in [4.78, 5) is 8.66. The van der Waals surface area contributed by atoms with Gasteiger partial charge in [-0.3, -0.25) is 0 Å². The van der Waals surface area contributed by atoms with Gasteiger partial charge in [-0.15, -0.1) is 0 Å². The molecule has 1 aromatic rings. The molecule has 100 valence electrons. The van der Waals surface area contributed by atoms with Crippen molar-refractivity contribution < 1.29 is 4.74 Å². The van der Waals surface area contributed by atoms with E-state index in [1.165, 1.54) is 6.42 Å². The van der Waals surface area contributed by atoms with Gasteiger partial charge in [0.05, 0.1) is 5.60 Å². The molecule has 1 aromatic heterocycles. The van der Waals surface area contributed by atoms with E-state index in [1.807, 2.05) is 0 Å². The molecule has 0 aromatic carbocycles. The first kappa shape index (κ1) is 13.6. The molecule has 0 spiro atoms. The third-order valence-corrected chi connectivity index (χ3v) is 3.70. The Morgan fingerprint density at radius 1 is 1.44 bits per heavy atom. The van der Waals surface area contributed by atoms with Gasteiger partial charge in [0.15, 0.2) is 0 Å². The lowest BCUT2D eigenvalue weighted by atomic mass is 9.80. The SMILES string of the molecule is CCCc1nc(Cl)cc(NCC2(OC)CCC2)n1. The molecule has 0 atom stereocenters. The molecular formula is C13H20ClN3O. The van der Waals surface area contributed by atoms with Crippen LogP contribution in [0.2, 0.25) is 5.15 Å². The van der Waals surface area contributed by atoms with E-state index >= 15 is 0 Å². The molecule has 0 amide bonds. The number of nitrogens with zero attached hydrogens (tertiary/aromatic N) is 2. The van der Waals surface area contributed by atoms with Crippen LogP contribution in [-0.4, -0.2) is 29.2 Å². The van der Waals surface area contributed by atoms with Crippen molar-refractivity contribution in [3.63, 3.8) is 0 Å². The number of hydrogen-bond acceptors (Lipinski definition) is 4. The lowest BCUT2D eigenvalue weighted by Crippen LogP contribution is -2.45. The van der Waals surface area contributed by atoms with Gasteiger partial charge in [0.2, 0.25) is 0 Å². The fourth-order valence-electron chi connectivity index (χ4n) is 2.17. The Kier molecular flexibility index (Phi) is 4.40. The van der Waals surface area contributed by atoms with Gasteiger partial charge in [-0.1, -0.05) is 18.5 Å². The van der Waals surface area contributed by atoms with Crippen LogP contribution in [0.5, 0.6) is 0 Å². The zero-order valence-electron chi connectivity index (χ0n) is 11.0. The predicted molar refractivity (Wildman–Crippen MR) is 73.1 cm³/mol. The number of aryl methyl sites for hydroxylation is 1. The fourth-order valence-corrected chi connectivity index (χ4v) is 2.37. The first-order chi connectivity index (χ1) is 8.67. The summed E-state index contributed by atoms with van der Waals surface area (Å²) in [6.45, 7) is 2.88. The first-order valence-electron chi connectivity index (χ1n) is 6.50. The molecule has 5 heteroatoms. The lowest BCUT2D eigenvalue weighted by molar-refractivity contribution is -0.0601. The molecule has 4 nitrogen and oxygen atoms in total. The fraction of sp³-hybridized carbons (Fsp3) is 0.692. The van der Waals surface area contributed by atoms with Crippen molar-refractivity contribution in [3.8, 4) is 0 Å². The van der Waals surface area contributed by atoms with E-state index in [4.69, 9.17) is 16.3 Å². The zero-order valence-corrected chi connectivity index (χ0v) is 11.8. The number of ether oxygens (including phenoxy) is 1. The summed E-state index contributed by atoms with van der Waals surface area (Å²) < 4.78 is 5.56. The Labute approximate surface area is 113 Å². The summed E-state index contributed by atoms with van der Waals surface area (Å²) in [7, 11) is 1.77. The van der Waals surface area contributed by atoms with Crippen LogP contribution < -0.4 is 5.32 Å². The van der Waals surface area contributed by atoms with Crippen LogP contribution in [0, 0.1) is 0 Å². The monoisotopic (exact) mass is 269 g/mol. The third kappa shape index (κ3) is 3.12. The van der Waals surface area contributed by atoms with E-state index in [2.05, 4.69) is 22.2 Å². The molecule has 0 aliphatic heterocycles. The van der Waals surface area contributed by atoms with E-state index in [1.54, 1.807) is 13.2 Å². The maximum absolute atomic E-state index is 6.00. The molecule has 1 saturated carbocycles. The summed E-state index contributed by atoms with van der Waals surface area (Å²) in [6, 6.07) is 1.77. The highest BCUT2D eigenvalue weighted by atomic mass is 35.5. The molecule has 0 saturated heterocycles. The summed E-state index contributed by atoms with van der Waals surface area (Å²) in [5.74, 6) is 1.59. The van der Waals surface area contributed by atoms with Crippen LogP contribution in [-0.2, 0) is 11.2 Å². The molecule has 0 radical (unpaired) electrons. The Balaban J connectivity index is 2.00. The molecule has 2 rings (SSSR count). The van der Waals surface area contributed by atoms with Gasteiger partial charge in [0, 0.05) is 26.1 Å².